The molecule has 3 nitrogen and oxygen atoms in total. The minimum Gasteiger partial charge on any atom is -0.481 e. The molecule has 1 fully saturated rings. The molecule has 0 aromatic rings. The standard InChI is InChI=1S/C15H28O3/c1-5-8-18-10-11-9-12(15(2,3)4)6-7-13(11)14(16)17/h11-13H,5-10H2,1-4H3,(H,16,17). The lowest BCUT2D eigenvalue weighted by Crippen LogP contribution is -2.37. The van der Waals surface area contributed by atoms with Crippen LogP contribution in [0.15, 0.2) is 0 Å². The fourth-order valence-electron chi connectivity index (χ4n) is 2.94. The number of carboxylic acids is 1. The maximum atomic E-state index is 11.3. The van der Waals surface area contributed by atoms with Crippen molar-refractivity contribution in [3.63, 3.8) is 0 Å². The summed E-state index contributed by atoms with van der Waals surface area (Å²) in [6.45, 7) is 10.2. The molecule has 0 bridgehead atoms. The predicted molar refractivity (Wildman–Crippen MR) is 72.5 cm³/mol. The van der Waals surface area contributed by atoms with Crippen molar-refractivity contribution in [1.29, 1.82) is 0 Å². The number of carbonyl (C=O) groups is 1. The van der Waals surface area contributed by atoms with Crippen LogP contribution in [0.25, 0.3) is 0 Å². The molecule has 1 rings (SSSR count). The Morgan fingerprint density at radius 1 is 1.33 bits per heavy atom. The molecule has 106 valence electrons. The lowest BCUT2D eigenvalue weighted by Gasteiger charge is -2.40. The lowest BCUT2D eigenvalue weighted by molar-refractivity contribution is -0.147. The van der Waals surface area contributed by atoms with Crippen LogP contribution in [0.1, 0.15) is 53.4 Å². The van der Waals surface area contributed by atoms with Crippen molar-refractivity contribution in [2.24, 2.45) is 23.2 Å². The molecule has 18 heavy (non-hydrogen) atoms. The molecule has 0 saturated heterocycles. The Bertz CT molecular complexity index is 267. The summed E-state index contributed by atoms with van der Waals surface area (Å²) in [5.41, 5.74) is 0.270. The molecule has 0 spiro atoms. The number of hydrogen-bond donors (Lipinski definition) is 1. The zero-order valence-corrected chi connectivity index (χ0v) is 12.2. The molecule has 3 heteroatoms. The van der Waals surface area contributed by atoms with E-state index in [1.165, 1.54) is 0 Å². The minimum atomic E-state index is -0.646. The Labute approximate surface area is 111 Å². The van der Waals surface area contributed by atoms with Crippen molar-refractivity contribution in [2.75, 3.05) is 13.2 Å². The Hall–Kier alpha value is -0.570. The Balaban J connectivity index is 2.61. The quantitative estimate of drug-likeness (QED) is 0.765. The van der Waals surface area contributed by atoms with Gasteiger partial charge >= 0.3 is 5.97 Å². The van der Waals surface area contributed by atoms with E-state index in [1.807, 2.05) is 0 Å². The average molecular weight is 256 g/mol. The monoisotopic (exact) mass is 256 g/mol. The first-order chi connectivity index (χ1) is 8.36. The van der Waals surface area contributed by atoms with Crippen molar-refractivity contribution in [3.05, 3.63) is 0 Å². The van der Waals surface area contributed by atoms with Crippen molar-refractivity contribution in [2.45, 2.75) is 53.4 Å². The molecule has 0 aromatic carbocycles. The molecule has 0 aliphatic heterocycles. The molecule has 0 heterocycles. The van der Waals surface area contributed by atoms with E-state index in [9.17, 15) is 9.90 Å². The van der Waals surface area contributed by atoms with Gasteiger partial charge in [-0.3, -0.25) is 4.79 Å². The van der Waals surface area contributed by atoms with E-state index in [0.29, 0.717) is 12.5 Å². The summed E-state index contributed by atoms with van der Waals surface area (Å²) in [7, 11) is 0. The maximum absolute atomic E-state index is 11.3. The van der Waals surface area contributed by atoms with Crippen molar-refractivity contribution in [1.82, 2.24) is 0 Å². The molecular weight excluding hydrogens is 228 g/mol. The highest BCUT2D eigenvalue weighted by molar-refractivity contribution is 5.70. The Morgan fingerprint density at radius 2 is 2.00 bits per heavy atom. The first-order valence-corrected chi connectivity index (χ1v) is 7.16. The molecule has 1 saturated carbocycles. The van der Waals surface area contributed by atoms with Gasteiger partial charge in [0.1, 0.15) is 0 Å². The molecule has 0 radical (unpaired) electrons. The first-order valence-electron chi connectivity index (χ1n) is 7.16. The largest absolute Gasteiger partial charge is 0.481 e. The second-order valence-corrected chi connectivity index (χ2v) is 6.66. The second kappa shape index (κ2) is 6.55. The van der Waals surface area contributed by atoms with Crippen LogP contribution in [0.3, 0.4) is 0 Å². The van der Waals surface area contributed by atoms with Crippen LogP contribution in [-0.2, 0) is 9.53 Å². The predicted octanol–water partition coefficient (Wildman–Crippen LogP) is 3.58. The summed E-state index contributed by atoms with van der Waals surface area (Å²) < 4.78 is 5.60. The molecule has 1 N–H and O–H groups in total. The Morgan fingerprint density at radius 3 is 2.50 bits per heavy atom. The first kappa shape index (κ1) is 15.5. The number of ether oxygens (including phenoxy) is 1. The van der Waals surface area contributed by atoms with Gasteiger partial charge in [-0.1, -0.05) is 27.7 Å². The van der Waals surface area contributed by atoms with Gasteiger partial charge in [-0.05, 0) is 42.9 Å². The van der Waals surface area contributed by atoms with Crippen molar-refractivity contribution >= 4 is 5.97 Å². The van der Waals surface area contributed by atoms with E-state index in [2.05, 4.69) is 27.7 Å². The third-order valence-corrected chi connectivity index (χ3v) is 4.20. The van der Waals surface area contributed by atoms with Gasteiger partial charge in [0.05, 0.1) is 12.5 Å². The number of carboxylic acid groups (broad SMARTS) is 1. The summed E-state index contributed by atoms with van der Waals surface area (Å²) in [5.74, 6) is -0.0525. The van der Waals surface area contributed by atoms with E-state index >= 15 is 0 Å². The second-order valence-electron chi connectivity index (χ2n) is 6.66. The normalized spacial score (nSPS) is 29.2. The summed E-state index contributed by atoms with van der Waals surface area (Å²) in [6.07, 6.45) is 3.82. The van der Waals surface area contributed by atoms with E-state index in [1.54, 1.807) is 0 Å². The summed E-state index contributed by atoms with van der Waals surface area (Å²) in [4.78, 5) is 11.3. The van der Waals surface area contributed by atoms with Crippen molar-refractivity contribution < 1.29 is 14.6 Å². The van der Waals surface area contributed by atoms with Crippen LogP contribution < -0.4 is 0 Å². The molecular formula is C15H28O3. The average Bonchev–Trinajstić information content (AvgIpc) is 2.27. The van der Waals surface area contributed by atoms with E-state index in [0.717, 1.165) is 32.3 Å². The molecule has 3 atom stereocenters. The zero-order chi connectivity index (χ0) is 13.8. The molecule has 1 aliphatic carbocycles. The van der Waals surface area contributed by atoms with Crippen LogP contribution in [0, 0.1) is 23.2 Å². The molecule has 0 aromatic heterocycles. The minimum absolute atomic E-state index is 0.187. The topological polar surface area (TPSA) is 46.5 Å². The highest BCUT2D eigenvalue weighted by atomic mass is 16.5. The van der Waals surface area contributed by atoms with Crippen LogP contribution in [0.2, 0.25) is 0 Å². The van der Waals surface area contributed by atoms with Gasteiger partial charge in [0.15, 0.2) is 0 Å². The summed E-state index contributed by atoms with van der Waals surface area (Å²) in [6, 6.07) is 0. The fraction of sp³-hybridized carbons (Fsp3) is 0.933. The smallest absolute Gasteiger partial charge is 0.306 e. The fourth-order valence-corrected chi connectivity index (χ4v) is 2.94. The van der Waals surface area contributed by atoms with Gasteiger partial charge < -0.3 is 9.84 Å². The van der Waals surface area contributed by atoms with Gasteiger partial charge in [0, 0.05) is 6.61 Å². The van der Waals surface area contributed by atoms with E-state index < -0.39 is 5.97 Å². The highest BCUT2D eigenvalue weighted by Crippen LogP contribution is 2.42. The lowest BCUT2D eigenvalue weighted by atomic mass is 9.66. The zero-order valence-electron chi connectivity index (χ0n) is 12.2. The van der Waals surface area contributed by atoms with E-state index in [4.69, 9.17) is 4.74 Å². The summed E-state index contributed by atoms with van der Waals surface area (Å²) in [5, 5.41) is 9.30. The highest BCUT2D eigenvalue weighted by Gasteiger charge is 2.38. The Kier molecular flexibility index (Phi) is 5.64. The van der Waals surface area contributed by atoms with Crippen LogP contribution in [0.5, 0.6) is 0 Å². The SMILES string of the molecule is CCCOCC1CC(C(C)(C)C)CCC1C(=O)O. The number of hydrogen-bond acceptors (Lipinski definition) is 2. The number of aliphatic carboxylic acids is 1. The third kappa shape index (κ3) is 4.27. The maximum Gasteiger partial charge on any atom is 0.306 e. The van der Waals surface area contributed by atoms with Crippen LogP contribution in [-0.4, -0.2) is 24.3 Å². The van der Waals surface area contributed by atoms with Gasteiger partial charge in [-0.25, -0.2) is 0 Å². The van der Waals surface area contributed by atoms with Gasteiger partial charge in [0.25, 0.3) is 0 Å². The van der Waals surface area contributed by atoms with Gasteiger partial charge in [-0.2, -0.15) is 0 Å². The molecule has 1 aliphatic rings. The summed E-state index contributed by atoms with van der Waals surface area (Å²) >= 11 is 0. The third-order valence-electron chi connectivity index (χ3n) is 4.20. The van der Waals surface area contributed by atoms with Crippen molar-refractivity contribution in [3.8, 4) is 0 Å². The van der Waals surface area contributed by atoms with Crippen LogP contribution >= 0.6 is 0 Å². The van der Waals surface area contributed by atoms with Gasteiger partial charge in [0.2, 0.25) is 0 Å². The van der Waals surface area contributed by atoms with Crippen LogP contribution in [0.4, 0.5) is 0 Å². The number of rotatable bonds is 5. The molecule has 3 unspecified atom stereocenters. The van der Waals surface area contributed by atoms with E-state index in [-0.39, 0.29) is 17.3 Å². The molecule has 0 amide bonds. The van der Waals surface area contributed by atoms with Gasteiger partial charge in [-0.15, -0.1) is 0 Å².